The lowest BCUT2D eigenvalue weighted by molar-refractivity contribution is 0.155. The molecule has 0 radical (unpaired) electrons. The van der Waals surface area contributed by atoms with E-state index in [1.54, 1.807) is 0 Å². The molecule has 2 aliphatic heterocycles. The number of aliphatic hydroxyl groups is 1. The van der Waals surface area contributed by atoms with E-state index in [1.807, 2.05) is 0 Å². The summed E-state index contributed by atoms with van der Waals surface area (Å²) >= 11 is 0. The van der Waals surface area contributed by atoms with Crippen molar-refractivity contribution in [2.24, 2.45) is 0 Å². The van der Waals surface area contributed by atoms with Gasteiger partial charge in [-0.2, -0.15) is 0 Å². The third-order valence-electron chi connectivity index (χ3n) is 2.94. The first-order valence-electron chi connectivity index (χ1n) is 4.28. The van der Waals surface area contributed by atoms with Crippen molar-refractivity contribution in [3.63, 3.8) is 0 Å². The summed E-state index contributed by atoms with van der Waals surface area (Å²) in [5, 5.41) is 8.97. The van der Waals surface area contributed by atoms with Crippen LogP contribution in [0.4, 0.5) is 0 Å². The Hall–Kier alpha value is -0.0800. The van der Waals surface area contributed by atoms with Crippen LogP contribution in [0.5, 0.6) is 0 Å². The van der Waals surface area contributed by atoms with Crippen LogP contribution in [0.2, 0.25) is 0 Å². The highest BCUT2D eigenvalue weighted by molar-refractivity contribution is 4.91. The molecule has 0 saturated carbocycles. The zero-order valence-electron chi connectivity index (χ0n) is 6.29. The topological polar surface area (TPSA) is 23.5 Å². The molecule has 0 aromatic rings. The fourth-order valence-electron chi connectivity index (χ4n) is 2.40. The highest BCUT2D eigenvalue weighted by atomic mass is 16.3. The van der Waals surface area contributed by atoms with Crippen molar-refractivity contribution in [2.45, 2.75) is 37.8 Å². The summed E-state index contributed by atoms with van der Waals surface area (Å²) in [6.45, 7) is 1.60. The number of fused-ring (bicyclic) bond motifs is 1. The molecule has 0 spiro atoms. The van der Waals surface area contributed by atoms with Crippen molar-refractivity contribution in [1.29, 1.82) is 0 Å². The molecular weight excluding hydrogens is 126 g/mol. The summed E-state index contributed by atoms with van der Waals surface area (Å²) in [5.41, 5.74) is 0. The Morgan fingerprint density at radius 3 is 3.00 bits per heavy atom. The number of rotatable bonds is 1. The summed E-state index contributed by atoms with van der Waals surface area (Å²) in [7, 11) is 0. The van der Waals surface area contributed by atoms with Gasteiger partial charge in [0.05, 0.1) is 6.61 Å². The van der Waals surface area contributed by atoms with Crippen molar-refractivity contribution in [1.82, 2.24) is 4.90 Å². The van der Waals surface area contributed by atoms with Crippen LogP contribution < -0.4 is 0 Å². The molecule has 2 fully saturated rings. The zero-order valence-corrected chi connectivity index (χ0v) is 6.29. The smallest absolute Gasteiger partial charge is 0.0586 e. The maximum absolute atomic E-state index is 8.97. The zero-order chi connectivity index (χ0) is 6.97. The van der Waals surface area contributed by atoms with Gasteiger partial charge in [-0.25, -0.2) is 0 Å². The molecule has 10 heavy (non-hydrogen) atoms. The third-order valence-corrected chi connectivity index (χ3v) is 2.94. The van der Waals surface area contributed by atoms with Gasteiger partial charge in [-0.05, 0) is 32.2 Å². The predicted octanol–water partition coefficient (Wildman–Crippen LogP) is 0.605. The van der Waals surface area contributed by atoms with Crippen LogP contribution in [-0.2, 0) is 0 Å². The Kier molecular flexibility index (Phi) is 1.66. The van der Waals surface area contributed by atoms with E-state index in [4.69, 9.17) is 5.11 Å². The predicted molar refractivity (Wildman–Crippen MR) is 39.8 cm³/mol. The van der Waals surface area contributed by atoms with Gasteiger partial charge >= 0.3 is 0 Å². The highest BCUT2D eigenvalue weighted by Crippen LogP contribution is 2.31. The highest BCUT2D eigenvalue weighted by Gasteiger charge is 2.35. The number of aliphatic hydroxyl groups excluding tert-OH is 1. The Bertz CT molecular complexity index is 126. The minimum absolute atomic E-state index is 0.372. The summed E-state index contributed by atoms with van der Waals surface area (Å²) in [6.07, 6.45) is 5.27. The average Bonchev–Trinajstić information content (AvgIpc) is 2.44. The van der Waals surface area contributed by atoms with E-state index < -0.39 is 0 Å². The fraction of sp³-hybridized carbons (Fsp3) is 1.00. The number of hydrogen-bond acceptors (Lipinski definition) is 2. The molecule has 0 unspecified atom stereocenters. The van der Waals surface area contributed by atoms with Gasteiger partial charge in [0.1, 0.15) is 0 Å². The summed E-state index contributed by atoms with van der Waals surface area (Å²) in [6, 6.07) is 1.34. The van der Waals surface area contributed by atoms with E-state index in [1.165, 1.54) is 32.2 Å². The lowest BCUT2D eigenvalue weighted by Crippen LogP contribution is -2.33. The standard InChI is InChI=1S/C8H15NO/c10-6-8-4-3-7-2-1-5-9(7)8/h7-8,10H,1-6H2/t7-,8-/m1/s1. The minimum atomic E-state index is 0.372. The Labute approximate surface area is 61.8 Å². The first kappa shape index (κ1) is 6.62. The molecule has 2 rings (SSSR count). The molecule has 1 N–H and O–H groups in total. The van der Waals surface area contributed by atoms with E-state index in [0.29, 0.717) is 12.6 Å². The van der Waals surface area contributed by atoms with Gasteiger partial charge in [-0.1, -0.05) is 0 Å². The molecule has 0 aromatic carbocycles. The number of hydrogen-bond donors (Lipinski definition) is 1. The molecule has 2 heteroatoms. The van der Waals surface area contributed by atoms with Crippen LogP contribution >= 0.6 is 0 Å². The third kappa shape index (κ3) is 0.867. The quantitative estimate of drug-likeness (QED) is 0.578. The normalized spacial score (nSPS) is 40.5. The largest absolute Gasteiger partial charge is 0.395 e. The van der Waals surface area contributed by atoms with E-state index in [9.17, 15) is 0 Å². The summed E-state index contributed by atoms with van der Waals surface area (Å²) < 4.78 is 0. The van der Waals surface area contributed by atoms with Gasteiger partial charge in [0.15, 0.2) is 0 Å². The molecule has 0 bridgehead atoms. The lowest BCUT2D eigenvalue weighted by atomic mass is 10.1. The van der Waals surface area contributed by atoms with Gasteiger partial charge in [-0.3, -0.25) is 4.90 Å². The SMILES string of the molecule is OC[C@H]1CC[C@H]2CCCN21. The average molecular weight is 141 g/mol. The first-order chi connectivity index (χ1) is 4.92. The Morgan fingerprint density at radius 2 is 2.20 bits per heavy atom. The summed E-state index contributed by atoms with van der Waals surface area (Å²) in [5.74, 6) is 0. The minimum Gasteiger partial charge on any atom is -0.395 e. The van der Waals surface area contributed by atoms with Crippen LogP contribution in [-0.4, -0.2) is 35.2 Å². The second-order valence-electron chi connectivity index (χ2n) is 3.45. The molecule has 2 atom stereocenters. The van der Waals surface area contributed by atoms with Gasteiger partial charge < -0.3 is 5.11 Å². The monoisotopic (exact) mass is 141 g/mol. The molecule has 0 amide bonds. The second-order valence-corrected chi connectivity index (χ2v) is 3.45. The van der Waals surface area contributed by atoms with E-state index in [2.05, 4.69) is 4.90 Å². The van der Waals surface area contributed by atoms with Gasteiger partial charge in [0.2, 0.25) is 0 Å². The molecule has 2 saturated heterocycles. The Morgan fingerprint density at radius 1 is 1.30 bits per heavy atom. The van der Waals surface area contributed by atoms with Crippen LogP contribution in [0.3, 0.4) is 0 Å². The first-order valence-corrected chi connectivity index (χ1v) is 4.28. The maximum Gasteiger partial charge on any atom is 0.0586 e. The van der Waals surface area contributed by atoms with Crippen molar-refractivity contribution < 1.29 is 5.11 Å². The summed E-state index contributed by atoms with van der Waals surface area (Å²) in [4.78, 5) is 2.49. The number of nitrogens with zero attached hydrogens (tertiary/aromatic N) is 1. The van der Waals surface area contributed by atoms with Crippen molar-refractivity contribution in [3.05, 3.63) is 0 Å². The fourth-order valence-corrected chi connectivity index (χ4v) is 2.40. The van der Waals surface area contributed by atoms with Crippen LogP contribution in [0, 0.1) is 0 Å². The molecule has 2 nitrogen and oxygen atoms in total. The molecular formula is C8H15NO. The molecule has 2 heterocycles. The van der Waals surface area contributed by atoms with Crippen molar-refractivity contribution >= 4 is 0 Å². The molecule has 0 aliphatic carbocycles. The maximum atomic E-state index is 8.97. The lowest BCUT2D eigenvalue weighted by Gasteiger charge is -2.21. The molecule has 0 aromatic heterocycles. The van der Waals surface area contributed by atoms with Gasteiger partial charge in [0.25, 0.3) is 0 Å². The molecule has 2 aliphatic rings. The Balaban J connectivity index is 2.01. The van der Waals surface area contributed by atoms with E-state index in [0.717, 1.165) is 6.04 Å². The van der Waals surface area contributed by atoms with Gasteiger partial charge in [0, 0.05) is 12.1 Å². The van der Waals surface area contributed by atoms with Crippen molar-refractivity contribution in [3.8, 4) is 0 Å². The molecule has 58 valence electrons. The van der Waals surface area contributed by atoms with E-state index in [-0.39, 0.29) is 0 Å². The van der Waals surface area contributed by atoms with Crippen LogP contribution in [0.25, 0.3) is 0 Å². The van der Waals surface area contributed by atoms with Gasteiger partial charge in [-0.15, -0.1) is 0 Å². The van der Waals surface area contributed by atoms with E-state index >= 15 is 0 Å². The van der Waals surface area contributed by atoms with Crippen molar-refractivity contribution in [2.75, 3.05) is 13.2 Å². The van der Waals surface area contributed by atoms with Crippen LogP contribution in [0.1, 0.15) is 25.7 Å². The second kappa shape index (κ2) is 2.51. The van der Waals surface area contributed by atoms with Crippen LogP contribution in [0.15, 0.2) is 0 Å².